The van der Waals surface area contributed by atoms with E-state index in [0.29, 0.717) is 0 Å². The first-order valence-electron chi connectivity index (χ1n) is 4.74. The van der Waals surface area contributed by atoms with Gasteiger partial charge in [0.1, 0.15) is 5.03 Å². The molecule has 0 heterocycles. The summed E-state index contributed by atoms with van der Waals surface area (Å²) in [7, 11) is 0. The van der Waals surface area contributed by atoms with Crippen molar-refractivity contribution in [2.45, 2.75) is 26.4 Å². The van der Waals surface area contributed by atoms with Crippen LogP contribution < -0.4 is 0 Å². The molecule has 2 atom stereocenters. The molecule has 1 aliphatic carbocycles. The predicted octanol–water partition coefficient (Wildman–Crippen LogP) is 3.42. The number of halogens is 4. The van der Waals surface area contributed by atoms with Gasteiger partial charge in [0.2, 0.25) is 0 Å². The molecule has 0 aliphatic heterocycles. The number of hydrogen-bond acceptors (Lipinski definition) is 1. The summed E-state index contributed by atoms with van der Waals surface area (Å²) in [5.74, 6) is -2.02. The highest BCUT2D eigenvalue weighted by atomic mass is 35.5. The van der Waals surface area contributed by atoms with E-state index in [-0.39, 0.29) is 6.42 Å². The molecule has 6 heteroatoms. The Labute approximate surface area is 96.1 Å². The Balaban J connectivity index is 2.78. The van der Waals surface area contributed by atoms with Crippen LogP contribution >= 0.6 is 11.6 Å². The number of rotatable bonds is 2. The average Bonchev–Trinajstić information content (AvgIpc) is 2.08. The first kappa shape index (κ1) is 13.4. The minimum Gasteiger partial charge on any atom is -0.481 e. The molecule has 1 fully saturated rings. The molecular weight excluding hydrogens is 245 g/mol. The second-order valence-electron chi connectivity index (χ2n) is 4.57. The van der Waals surface area contributed by atoms with E-state index in [4.69, 9.17) is 16.7 Å². The normalized spacial score (nSPS) is 29.8. The molecule has 0 spiro atoms. The summed E-state index contributed by atoms with van der Waals surface area (Å²) < 4.78 is 36.5. The fraction of sp³-hybridized carbons (Fsp3) is 0.700. The SMILES string of the molecule is CC1(C)C(C=C(Cl)C(F)(F)F)CC1C(=O)O. The Morgan fingerprint density at radius 1 is 1.50 bits per heavy atom. The van der Waals surface area contributed by atoms with E-state index in [1.54, 1.807) is 13.8 Å². The molecule has 1 saturated carbocycles. The first-order chi connectivity index (χ1) is 7.06. The van der Waals surface area contributed by atoms with Crippen molar-refractivity contribution in [2.75, 3.05) is 0 Å². The topological polar surface area (TPSA) is 37.3 Å². The van der Waals surface area contributed by atoms with Gasteiger partial charge in [-0.1, -0.05) is 31.5 Å². The molecule has 1 rings (SSSR count). The van der Waals surface area contributed by atoms with Gasteiger partial charge in [-0.15, -0.1) is 0 Å². The quantitative estimate of drug-likeness (QED) is 0.822. The van der Waals surface area contributed by atoms with Gasteiger partial charge in [-0.25, -0.2) is 0 Å². The molecule has 0 saturated heterocycles. The molecule has 0 aromatic carbocycles. The van der Waals surface area contributed by atoms with Crippen molar-refractivity contribution in [1.82, 2.24) is 0 Å². The van der Waals surface area contributed by atoms with Gasteiger partial charge < -0.3 is 5.11 Å². The van der Waals surface area contributed by atoms with Crippen LogP contribution in [0.3, 0.4) is 0 Å². The molecule has 0 aromatic rings. The summed E-state index contributed by atoms with van der Waals surface area (Å²) in [5.41, 5.74) is -0.683. The number of carboxylic acids is 1. The molecule has 0 bridgehead atoms. The Hall–Kier alpha value is -0.710. The van der Waals surface area contributed by atoms with Gasteiger partial charge in [-0.3, -0.25) is 4.79 Å². The third kappa shape index (κ3) is 2.34. The monoisotopic (exact) mass is 256 g/mol. The lowest BCUT2D eigenvalue weighted by Crippen LogP contribution is -2.48. The molecule has 2 nitrogen and oxygen atoms in total. The van der Waals surface area contributed by atoms with Crippen molar-refractivity contribution in [3.05, 3.63) is 11.1 Å². The Kier molecular flexibility index (Phi) is 3.29. The summed E-state index contributed by atoms with van der Waals surface area (Å²) in [5, 5.41) is 7.63. The number of carboxylic acid groups (broad SMARTS) is 1. The maximum Gasteiger partial charge on any atom is 0.426 e. The van der Waals surface area contributed by atoms with E-state index >= 15 is 0 Å². The Morgan fingerprint density at radius 3 is 2.31 bits per heavy atom. The van der Waals surface area contributed by atoms with Crippen molar-refractivity contribution in [1.29, 1.82) is 0 Å². The second-order valence-corrected chi connectivity index (χ2v) is 4.97. The maximum absolute atomic E-state index is 12.2. The van der Waals surface area contributed by atoms with E-state index in [1.165, 1.54) is 0 Å². The number of carbonyl (C=O) groups is 1. The zero-order valence-corrected chi connectivity index (χ0v) is 9.56. The van der Waals surface area contributed by atoms with Crippen LogP contribution in [0.4, 0.5) is 13.2 Å². The van der Waals surface area contributed by atoms with Crippen LogP contribution in [0.25, 0.3) is 0 Å². The minimum absolute atomic E-state index is 0.203. The summed E-state index contributed by atoms with van der Waals surface area (Å²) in [6.45, 7) is 3.27. The average molecular weight is 257 g/mol. The maximum atomic E-state index is 12.2. The second kappa shape index (κ2) is 3.95. The predicted molar refractivity (Wildman–Crippen MR) is 53.0 cm³/mol. The lowest BCUT2D eigenvalue weighted by molar-refractivity contribution is -0.156. The molecule has 2 unspecified atom stereocenters. The largest absolute Gasteiger partial charge is 0.481 e. The van der Waals surface area contributed by atoms with Crippen LogP contribution in [0.2, 0.25) is 0 Å². The van der Waals surface area contributed by atoms with Crippen LogP contribution in [0, 0.1) is 17.3 Å². The van der Waals surface area contributed by atoms with E-state index in [2.05, 4.69) is 0 Å². The highest BCUT2D eigenvalue weighted by molar-refractivity contribution is 6.30. The van der Waals surface area contributed by atoms with Gasteiger partial charge in [0, 0.05) is 0 Å². The lowest BCUT2D eigenvalue weighted by atomic mass is 9.55. The van der Waals surface area contributed by atoms with Gasteiger partial charge in [0.05, 0.1) is 5.92 Å². The van der Waals surface area contributed by atoms with E-state index in [9.17, 15) is 18.0 Å². The first-order valence-corrected chi connectivity index (χ1v) is 5.12. The molecule has 0 aromatic heterocycles. The number of alkyl halides is 3. The van der Waals surface area contributed by atoms with Crippen molar-refractivity contribution >= 4 is 17.6 Å². The van der Waals surface area contributed by atoms with E-state index < -0.39 is 34.4 Å². The van der Waals surface area contributed by atoms with Gasteiger partial charge in [-0.05, 0) is 17.8 Å². The highest BCUT2D eigenvalue weighted by Gasteiger charge is 2.51. The molecular formula is C10H12ClF3O2. The molecule has 0 amide bonds. The summed E-state index contributed by atoms with van der Waals surface area (Å²) in [6.07, 6.45) is -3.43. The van der Waals surface area contributed by atoms with Gasteiger partial charge in [0.25, 0.3) is 0 Å². The third-order valence-corrected chi connectivity index (χ3v) is 3.60. The highest BCUT2D eigenvalue weighted by Crippen LogP contribution is 2.53. The van der Waals surface area contributed by atoms with Crippen molar-refractivity contribution in [3.63, 3.8) is 0 Å². The smallest absolute Gasteiger partial charge is 0.426 e. The number of hydrogen-bond donors (Lipinski definition) is 1. The Morgan fingerprint density at radius 2 is 2.00 bits per heavy atom. The summed E-state index contributed by atoms with van der Waals surface area (Å²) >= 11 is 5.11. The molecule has 0 radical (unpaired) electrons. The standard InChI is InChI=1S/C10H12ClF3O2/c1-9(2)5(3-6(9)8(15)16)4-7(11)10(12,13)14/h4-6H,3H2,1-2H3,(H,15,16). The lowest BCUT2D eigenvalue weighted by Gasteiger charge is -2.48. The fourth-order valence-corrected chi connectivity index (χ4v) is 2.08. The third-order valence-electron chi connectivity index (χ3n) is 3.26. The van der Waals surface area contributed by atoms with Gasteiger partial charge >= 0.3 is 12.1 Å². The van der Waals surface area contributed by atoms with Crippen molar-refractivity contribution in [2.24, 2.45) is 17.3 Å². The van der Waals surface area contributed by atoms with Gasteiger partial charge in [0.15, 0.2) is 0 Å². The summed E-state index contributed by atoms with van der Waals surface area (Å²) in [6, 6.07) is 0. The summed E-state index contributed by atoms with van der Waals surface area (Å²) in [4.78, 5) is 10.7. The van der Waals surface area contributed by atoms with Crippen LogP contribution in [-0.2, 0) is 4.79 Å². The molecule has 1 aliphatic rings. The minimum atomic E-state index is -4.55. The van der Waals surface area contributed by atoms with E-state index in [0.717, 1.165) is 6.08 Å². The fourth-order valence-electron chi connectivity index (χ4n) is 1.93. The van der Waals surface area contributed by atoms with Crippen LogP contribution in [0.15, 0.2) is 11.1 Å². The molecule has 16 heavy (non-hydrogen) atoms. The molecule has 1 N–H and O–H groups in total. The van der Waals surface area contributed by atoms with Crippen LogP contribution in [0.1, 0.15) is 20.3 Å². The van der Waals surface area contributed by atoms with Crippen molar-refractivity contribution < 1.29 is 23.1 Å². The Bertz CT molecular complexity index is 333. The van der Waals surface area contributed by atoms with Crippen LogP contribution in [0.5, 0.6) is 0 Å². The van der Waals surface area contributed by atoms with Crippen molar-refractivity contribution in [3.8, 4) is 0 Å². The molecule has 92 valence electrons. The number of aliphatic carboxylic acids is 1. The van der Waals surface area contributed by atoms with E-state index in [1.807, 2.05) is 0 Å². The van der Waals surface area contributed by atoms with Gasteiger partial charge in [-0.2, -0.15) is 13.2 Å². The zero-order valence-electron chi connectivity index (χ0n) is 8.81. The number of allylic oxidation sites excluding steroid dienone is 2. The van der Waals surface area contributed by atoms with Crippen LogP contribution in [-0.4, -0.2) is 17.3 Å². The zero-order chi connectivity index (χ0) is 12.7.